The summed E-state index contributed by atoms with van der Waals surface area (Å²) < 4.78 is 0. The number of rotatable bonds is 6. The molecular weight excluding hydrogens is 244 g/mol. The smallest absolute Gasteiger partial charge is 0.0221 e. The van der Waals surface area contributed by atoms with Crippen LogP contribution < -0.4 is 5.73 Å². The third-order valence-corrected chi connectivity index (χ3v) is 5.05. The highest BCUT2D eigenvalue weighted by atomic mass is 15.2. The van der Waals surface area contributed by atoms with E-state index in [2.05, 4.69) is 49.2 Å². The first-order valence-electron chi connectivity index (χ1n) is 8.18. The minimum atomic E-state index is 0.515. The highest BCUT2D eigenvalue weighted by Crippen LogP contribution is 2.29. The highest BCUT2D eigenvalue weighted by molar-refractivity contribution is 5.14. The van der Waals surface area contributed by atoms with E-state index in [9.17, 15) is 0 Å². The first-order valence-corrected chi connectivity index (χ1v) is 8.18. The Hall–Kier alpha value is -0.860. The van der Waals surface area contributed by atoms with Crippen molar-refractivity contribution in [3.05, 3.63) is 35.9 Å². The van der Waals surface area contributed by atoms with Gasteiger partial charge in [0.15, 0.2) is 0 Å². The molecule has 0 spiro atoms. The van der Waals surface area contributed by atoms with Crippen LogP contribution in [0.15, 0.2) is 30.3 Å². The van der Waals surface area contributed by atoms with E-state index in [0.717, 1.165) is 24.9 Å². The summed E-state index contributed by atoms with van der Waals surface area (Å²) in [5.74, 6) is 0.819. The van der Waals surface area contributed by atoms with Crippen molar-refractivity contribution in [2.45, 2.75) is 57.5 Å². The van der Waals surface area contributed by atoms with Crippen LogP contribution in [0.3, 0.4) is 0 Å². The lowest BCUT2D eigenvalue weighted by atomic mass is 9.84. The van der Waals surface area contributed by atoms with Gasteiger partial charge in [0, 0.05) is 18.6 Å². The van der Waals surface area contributed by atoms with Crippen LogP contribution in [0.25, 0.3) is 0 Å². The Morgan fingerprint density at radius 2 is 1.90 bits per heavy atom. The first-order chi connectivity index (χ1) is 9.72. The average molecular weight is 274 g/mol. The fourth-order valence-electron chi connectivity index (χ4n) is 3.64. The average Bonchev–Trinajstić information content (AvgIpc) is 2.49. The minimum absolute atomic E-state index is 0.515. The SMILES string of the molecule is CC1CCCCC1N(C)C(CN)CCc1ccccc1. The third-order valence-electron chi connectivity index (χ3n) is 5.05. The Morgan fingerprint density at radius 1 is 1.20 bits per heavy atom. The lowest BCUT2D eigenvalue weighted by Gasteiger charge is -2.40. The molecule has 1 fully saturated rings. The summed E-state index contributed by atoms with van der Waals surface area (Å²) >= 11 is 0. The number of benzene rings is 1. The van der Waals surface area contributed by atoms with Gasteiger partial charge >= 0.3 is 0 Å². The number of hydrogen-bond acceptors (Lipinski definition) is 2. The van der Waals surface area contributed by atoms with Crippen LogP contribution in [0.5, 0.6) is 0 Å². The van der Waals surface area contributed by atoms with Crippen LogP contribution in [-0.4, -0.2) is 30.6 Å². The second-order valence-corrected chi connectivity index (χ2v) is 6.41. The zero-order chi connectivity index (χ0) is 14.4. The topological polar surface area (TPSA) is 29.3 Å². The molecule has 1 aromatic rings. The van der Waals surface area contributed by atoms with Crippen LogP contribution in [0.2, 0.25) is 0 Å². The van der Waals surface area contributed by atoms with Gasteiger partial charge < -0.3 is 5.73 Å². The van der Waals surface area contributed by atoms with Crippen LogP contribution in [-0.2, 0) is 6.42 Å². The van der Waals surface area contributed by atoms with E-state index in [1.807, 2.05) is 0 Å². The molecule has 3 unspecified atom stereocenters. The Bertz CT molecular complexity index is 376. The molecule has 1 aliphatic rings. The molecular formula is C18H30N2. The van der Waals surface area contributed by atoms with Crippen molar-refractivity contribution in [3.8, 4) is 0 Å². The molecule has 0 heterocycles. The van der Waals surface area contributed by atoms with Gasteiger partial charge in [0.2, 0.25) is 0 Å². The van der Waals surface area contributed by atoms with Crippen molar-refractivity contribution < 1.29 is 0 Å². The molecule has 2 rings (SSSR count). The first kappa shape index (κ1) is 15.5. The molecule has 112 valence electrons. The van der Waals surface area contributed by atoms with E-state index < -0.39 is 0 Å². The van der Waals surface area contributed by atoms with Crippen LogP contribution >= 0.6 is 0 Å². The summed E-state index contributed by atoms with van der Waals surface area (Å²) in [6.45, 7) is 3.18. The van der Waals surface area contributed by atoms with Gasteiger partial charge in [0.1, 0.15) is 0 Å². The monoisotopic (exact) mass is 274 g/mol. The number of hydrogen-bond donors (Lipinski definition) is 1. The predicted molar refractivity (Wildman–Crippen MR) is 86.8 cm³/mol. The standard InChI is InChI=1S/C18H30N2/c1-15-8-6-7-11-18(15)20(2)17(14-19)13-12-16-9-4-3-5-10-16/h3-5,9-10,15,17-18H,6-8,11-14,19H2,1-2H3. The number of nitrogens with zero attached hydrogens (tertiary/aromatic N) is 1. The highest BCUT2D eigenvalue weighted by Gasteiger charge is 2.28. The lowest BCUT2D eigenvalue weighted by Crippen LogP contribution is -2.48. The molecule has 2 heteroatoms. The van der Waals surface area contributed by atoms with Gasteiger partial charge in [-0.3, -0.25) is 4.90 Å². The van der Waals surface area contributed by atoms with Gasteiger partial charge in [-0.15, -0.1) is 0 Å². The van der Waals surface area contributed by atoms with Crippen molar-refractivity contribution in [2.24, 2.45) is 11.7 Å². The van der Waals surface area contributed by atoms with Crippen LogP contribution in [0.4, 0.5) is 0 Å². The third kappa shape index (κ3) is 4.07. The Balaban J connectivity index is 1.90. The molecule has 0 amide bonds. The van der Waals surface area contributed by atoms with Crippen molar-refractivity contribution in [1.29, 1.82) is 0 Å². The van der Waals surface area contributed by atoms with Crippen molar-refractivity contribution in [1.82, 2.24) is 4.90 Å². The Morgan fingerprint density at radius 3 is 2.55 bits per heavy atom. The molecule has 0 radical (unpaired) electrons. The van der Waals surface area contributed by atoms with E-state index in [4.69, 9.17) is 5.73 Å². The van der Waals surface area contributed by atoms with Gasteiger partial charge in [-0.05, 0) is 44.2 Å². The van der Waals surface area contributed by atoms with E-state index in [0.29, 0.717) is 6.04 Å². The van der Waals surface area contributed by atoms with E-state index in [-0.39, 0.29) is 0 Å². The molecule has 1 aliphatic carbocycles. The maximum atomic E-state index is 6.05. The summed E-state index contributed by atoms with van der Waals surface area (Å²) in [4.78, 5) is 2.58. The fraction of sp³-hybridized carbons (Fsp3) is 0.667. The largest absolute Gasteiger partial charge is 0.329 e. The molecule has 1 aromatic carbocycles. The fourth-order valence-corrected chi connectivity index (χ4v) is 3.64. The zero-order valence-corrected chi connectivity index (χ0v) is 13.1. The summed E-state index contributed by atoms with van der Waals surface area (Å²) in [6, 6.07) is 12.0. The van der Waals surface area contributed by atoms with E-state index >= 15 is 0 Å². The molecule has 0 aromatic heterocycles. The van der Waals surface area contributed by atoms with Crippen LogP contribution in [0.1, 0.15) is 44.6 Å². The second kappa shape index (κ2) is 7.80. The summed E-state index contributed by atoms with van der Waals surface area (Å²) in [7, 11) is 2.29. The van der Waals surface area contributed by atoms with Gasteiger partial charge in [-0.1, -0.05) is 50.1 Å². The van der Waals surface area contributed by atoms with Crippen molar-refractivity contribution in [2.75, 3.05) is 13.6 Å². The molecule has 2 nitrogen and oxygen atoms in total. The van der Waals surface area contributed by atoms with Crippen molar-refractivity contribution in [3.63, 3.8) is 0 Å². The number of likely N-dealkylation sites (N-methyl/N-ethyl adjacent to an activating group) is 1. The van der Waals surface area contributed by atoms with E-state index in [1.54, 1.807) is 0 Å². The molecule has 20 heavy (non-hydrogen) atoms. The molecule has 3 atom stereocenters. The Kier molecular flexibility index (Phi) is 6.06. The maximum Gasteiger partial charge on any atom is 0.0221 e. The maximum absolute atomic E-state index is 6.05. The predicted octanol–water partition coefficient (Wildman–Crippen LogP) is 3.46. The normalized spacial score (nSPS) is 24.8. The van der Waals surface area contributed by atoms with E-state index in [1.165, 1.54) is 37.7 Å². The zero-order valence-electron chi connectivity index (χ0n) is 13.1. The molecule has 2 N–H and O–H groups in total. The van der Waals surface area contributed by atoms with Crippen molar-refractivity contribution >= 4 is 0 Å². The number of nitrogens with two attached hydrogens (primary N) is 1. The van der Waals surface area contributed by atoms with Gasteiger partial charge in [0.05, 0.1) is 0 Å². The minimum Gasteiger partial charge on any atom is -0.329 e. The number of aryl methyl sites for hydroxylation is 1. The second-order valence-electron chi connectivity index (χ2n) is 6.41. The summed E-state index contributed by atoms with van der Waals surface area (Å²) in [5.41, 5.74) is 7.48. The Labute approximate surface area is 124 Å². The van der Waals surface area contributed by atoms with Gasteiger partial charge in [-0.25, -0.2) is 0 Å². The molecule has 0 bridgehead atoms. The summed E-state index contributed by atoms with van der Waals surface area (Å²) in [5, 5.41) is 0. The van der Waals surface area contributed by atoms with Gasteiger partial charge in [0.25, 0.3) is 0 Å². The lowest BCUT2D eigenvalue weighted by molar-refractivity contribution is 0.0952. The molecule has 1 saturated carbocycles. The van der Waals surface area contributed by atoms with Gasteiger partial charge in [-0.2, -0.15) is 0 Å². The summed E-state index contributed by atoms with van der Waals surface area (Å²) in [6.07, 6.45) is 7.82. The molecule has 0 aliphatic heterocycles. The quantitative estimate of drug-likeness (QED) is 0.861. The van der Waals surface area contributed by atoms with Crippen LogP contribution in [0, 0.1) is 5.92 Å². The molecule has 0 saturated heterocycles.